The fourth-order valence-corrected chi connectivity index (χ4v) is 4.27. The van der Waals surface area contributed by atoms with Gasteiger partial charge in [-0.2, -0.15) is 10.4 Å². The van der Waals surface area contributed by atoms with Crippen LogP contribution in [0.5, 0.6) is 5.75 Å². The van der Waals surface area contributed by atoms with Gasteiger partial charge in [0.25, 0.3) is 0 Å². The highest BCUT2D eigenvalue weighted by atomic mass is 32.2. The van der Waals surface area contributed by atoms with E-state index < -0.39 is 10.0 Å². The van der Waals surface area contributed by atoms with Crippen molar-refractivity contribution in [1.82, 2.24) is 14.6 Å². The number of ether oxygens (including phenoxy) is 1. The van der Waals surface area contributed by atoms with Crippen molar-refractivity contribution in [3.05, 3.63) is 48.6 Å². The molecule has 0 amide bonds. The molecule has 0 bridgehead atoms. The van der Waals surface area contributed by atoms with Crippen LogP contribution in [0.25, 0.3) is 22.2 Å². The van der Waals surface area contributed by atoms with Crippen LogP contribution in [0, 0.1) is 17.2 Å². The fourth-order valence-electron chi connectivity index (χ4n) is 3.71. The van der Waals surface area contributed by atoms with Crippen LogP contribution >= 0.6 is 0 Å². The van der Waals surface area contributed by atoms with E-state index in [9.17, 15) is 8.42 Å². The quantitative estimate of drug-likeness (QED) is 0.673. The van der Waals surface area contributed by atoms with Crippen molar-refractivity contribution >= 4 is 26.8 Å². The largest absolute Gasteiger partial charge is 0.495 e. The zero-order chi connectivity index (χ0) is 21.3. The number of rotatable bonds is 5. The smallest absolute Gasteiger partial charge is 0.229 e. The van der Waals surface area contributed by atoms with Gasteiger partial charge >= 0.3 is 0 Å². The number of hydrogen-bond acceptors (Lipinski definition) is 6. The Kier molecular flexibility index (Phi) is 5.18. The van der Waals surface area contributed by atoms with Gasteiger partial charge in [-0.1, -0.05) is 12.1 Å². The maximum atomic E-state index is 11.8. The number of nitrogens with zero attached hydrogens (tertiary/aromatic N) is 4. The second-order valence-electron chi connectivity index (χ2n) is 7.25. The highest BCUT2D eigenvalue weighted by Gasteiger charge is 2.20. The van der Waals surface area contributed by atoms with Crippen LogP contribution in [-0.4, -0.2) is 36.4 Å². The monoisotopic (exact) mass is 423 g/mol. The van der Waals surface area contributed by atoms with Crippen LogP contribution in [0.2, 0.25) is 0 Å². The summed E-state index contributed by atoms with van der Waals surface area (Å²) in [5.41, 5.74) is 4.75. The van der Waals surface area contributed by atoms with E-state index in [0.717, 1.165) is 47.0 Å². The molecule has 9 heteroatoms. The van der Waals surface area contributed by atoms with Crippen molar-refractivity contribution in [2.45, 2.75) is 19.3 Å². The molecule has 30 heavy (non-hydrogen) atoms. The summed E-state index contributed by atoms with van der Waals surface area (Å²) in [6, 6.07) is 7.65. The van der Waals surface area contributed by atoms with Gasteiger partial charge in [-0.05, 0) is 42.5 Å². The third-order valence-corrected chi connectivity index (χ3v) is 5.73. The molecule has 0 saturated carbocycles. The molecule has 4 rings (SSSR count). The van der Waals surface area contributed by atoms with E-state index in [1.165, 1.54) is 7.11 Å². The molecule has 1 aromatic carbocycles. The summed E-state index contributed by atoms with van der Waals surface area (Å²) >= 11 is 0. The van der Waals surface area contributed by atoms with E-state index in [-0.39, 0.29) is 5.92 Å². The first-order chi connectivity index (χ1) is 14.4. The van der Waals surface area contributed by atoms with Gasteiger partial charge in [0, 0.05) is 18.0 Å². The number of methoxy groups -OCH3 is 1. The number of benzene rings is 1. The summed E-state index contributed by atoms with van der Waals surface area (Å²) in [5.74, 6) is 0.473. The molecule has 0 radical (unpaired) electrons. The summed E-state index contributed by atoms with van der Waals surface area (Å²) in [5, 5.41) is 13.6. The summed E-state index contributed by atoms with van der Waals surface area (Å²) < 4.78 is 33.1. The van der Waals surface area contributed by atoms with Crippen molar-refractivity contribution in [2.75, 3.05) is 18.1 Å². The summed E-state index contributed by atoms with van der Waals surface area (Å²) in [6.07, 6.45) is 10.7. The lowest BCUT2D eigenvalue weighted by atomic mass is 9.88. The number of allylic oxidation sites excluding steroid dienone is 2. The Morgan fingerprint density at radius 1 is 1.37 bits per heavy atom. The number of fused-ring (bicyclic) bond motifs is 1. The predicted octanol–water partition coefficient (Wildman–Crippen LogP) is 3.48. The Hall–Kier alpha value is -3.38. The minimum atomic E-state index is -3.47. The maximum absolute atomic E-state index is 11.8. The van der Waals surface area contributed by atoms with Crippen molar-refractivity contribution in [3.63, 3.8) is 0 Å². The number of anilines is 1. The van der Waals surface area contributed by atoms with E-state index in [0.29, 0.717) is 17.9 Å². The lowest BCUT2D eigenvalue weighted by Gasteiger charge is -2.17. The van der Waals surface area contributed by atoms with Crippen LogP contribution in [0.3, 0.4) is 0 Å². The minimum absolute atomic E-state index is 0.0454. The SMILES string of the molecule is COc1ccc(-c2cnn3ccnc(C4=CCC(C#N)CC4)c23)cc1NS(C)(=O)=O. The fraction of sp³-hybridized carbons (Fsp3) is 0.286. The summed E-state index contributed by atoms with van der Waals surface area (Å²) in [6.45, 7) is 0. The zero-order valence-electron chi connectivity index (χ0n) is 16.7. The number of hydrogen-bond donors (Lipinski definition) is 1. The normalized spacial score (nSPS) is 16.7. The first kappa shape index (κ1) is 19.9. The Bertz CT molecular complexity index is 1290. The number of nitriles is 1. The number of aromatic nitrogens is 3. The minimum Gasteiger partial charge on any atom is -0.495 e. The molecule has 1 N–H and O–H groups in total. The van der Waals surface area contributed by atoms with Gasteiger partial charge in [-0.25, -0.2) is 12.9 Å². The Balaban J connectivity index is 1.84. The Morgan fingerprint density at radius 2 is 2.20 bits per heavy atom. The standard InChI is InChI=1S/C21H21N5O3S/c1-29-19-8-7-16(11-18(19)25-30(2,27)28)17-13-24-26-10-9-23-20(21(17)26)15-5-3-14(12-22)4-6-15/h5,7-11,13-14,25H,3-4,6H2,1-2H3. The predicted molar refractivity (Wildman–Crippen MR) is 114 cm³/mol. The lowest BCUT2D eigenvalue weighted by Crippen LogP contribution is -2.10. The second-order valence-corrected chi connectivity index (χ2v) is 8.99. The molecule has 0 fully saturated rings. The first-order valence-electron chi connectivity index (χ1n) is 9.47. The van der Waals surface area contributed by atoms with Gasteiger partial charge in [0.2, 0.25) is 10.0 Å². The van der Waals surface area contributed by atoms with E-state index in [1.54, 1.807) is 35.2 Å². The van der Waals surface area contributed by atoms with Gasteiger partial charge < -0.3 is 4.74 Å². The Morgan fingerprint density at radius 3 is 2.87 bits per heavy atom. The molecule has 3 aromatic rings. The second kappa shape index (κ2) is 7.80. The topological polar surface area (TPSA) is 109 Å². The molecule has 1 atom stereocenters. The van der Waals surface area contributed by atoms with Crippen molar-refractivity contribution < 1.29 is 13.2 Å². The number of nitrogens with one attached hydrogen (secondary N) is 1. The van der Waals surface area contributed by atoms with Gasteiger partial charge in [0.1, 0.15) is 5.75 Å². The molecule has 1 aliphatic rings. The average molecular weight is 423 g/mol. The Labute approximate surface area is 174 Å². The van der Waals surface area contributed by atoms with E-state index >= 15 is 0 Å². The van der Waals surface area contributed by atoms with E-state index in [4.69, 9.17) is 10.00 Å². The molecule has 2 heterocycles. The van der Waals surface area contributed by atoms with Gasteiger partial charge in [0.05, 0.1) is 48.4 Å². The molecular formula is C21H21N5O3S. The van der Waals surface area contributed by atoms with E-state index in [2.05, 4.69) is 26.9 Å². The third kappa shape index (κ3) is 3.86. The third-order valence-electron chi connectivity index (χ3n) is 5.13. The van der Waals surface area contributed by atoms with E-state index in [1.807, 2.05) is 6.07 Å². The molecular weight excluding hydrogens is 402 g/mol. The molecule has 154 valence electrons. The number of sulfonamides is 1. The zero-order valence-corrected chi connectivity index (χ0v) is 17.5. The molecule has 8 nitrogen and oxygen atoms in total. The maximum Gasteiger partial charge on any atom is 0.229 e. The highest BCUT2D eigenvalue weighted by molar-refractivity contribution is 7.92. The van der Waals surface area contributed by atoms with Crippen LogP contribution in [-0.2, 0) is 10.0 Å². The van der Waals surface area contributed by atoms with Crippen molar-refractivity contribution in [1.29, 1.82) is 5.26 Å². The molecule has 0 saturated heterocycles. The summed E-state index contributed by atoms with van der Waals surface area (Å²) in [4.78, 5) is 4.61. The van der Waals surface area contributed by atoms with Crippen molar-refractivity contribution in [3.8, 4) is 22.9 Å². The molecule has 0 spiro atoms. The average Bonchev–Trinajstić information content (AvgIpc) is 3.17. The van der Waals surface area contributed by atoms with Gasteiger partial charge in [-0.15, -0.1) is 0 Å². The molecule has 0 aliphatic heterocycles. The van der Waals surface area contributed by atoms with Gasteiger partial charge in [-0.3, -0.25) is 9.71 Å². The summed E-state index contributed by atoms with van der Waals surface area (Å²) in [7, 11) is -1.98. The lowest BCUT2D eigenvalue weighted by molar-refractivity contribution is 0.417. The van der Waals surface area contributed by atoms with Crippen LogP contribution in [0.15, 0.2) is 42.9 Å². The van der Waals surface area contributed by atoms with Crippen LogP contribution in [0.4, 0.5) is 5.69 Å². The van der Waals surface area contributed by atoms with Crippen molar-refractivity contribution in [2.24, 2.45) is 5.92 Å². The molecule has 1 aliphatic carbocycles. The first-order valence-corrected chi connectivity index (χ1v) is 11.4. The molecule has 1 unspecified atom stereocenters. The van der Waals surface area contributed by atoms with Gasteiger partial charge in [0.15, 0.2) is 0 Å². The highest BCUT2D eigenvalue weighted by Crippen LogP contribution is 2.37. The molecule has 2 aromatic heterocycles. The van der Waals surface area contributed by atoms with Crippen LogP contribution < -0.4 is 9.46 Å². The van der Waals surface area contributed by atoms with Crippen LogP contribution in [0.1, 0.15) is 25.0 Å².